The van der Waals surface area contributed by atoms with Crippen LogP contribution in [0.1, 0.15) is 6.42 Å². The SMILES string of the molecule is COC(=O)[C@@H]1CC(/C=C/Oc2cccc(Br)c2)CN1. The third kappa shape index (κ3) is 4.08. The van der Waals surface area contributed by atoms with Crippen LogP contribution in [0, 0.1) is 5.92 Å². The number of nitrogens with one attached hydrogen (secondary N) is 1. The maximum absolute atomic E-state index is 11.3. The third-order valence-corrected chi connectivity index (χ3v) is 3.49. The molecule has 1 N–H and O–H groups in total. The number of hydrogen-bond donors (Lipinski definition) is 1. The number of rotatable bonds is 4. The molecule has 0 aromatic heterocycles. The lowest BCUT2D eigenvalue weighted by Gasteiger charge is -2.06. The van der Waals surface area contributed by atoms with E-state index in [2.05, 4.69) is 21.2 Å². The van der Waals surface area contributed by atoms with E-state index in [0.29, 0.717) is 0 Å². The number of halogens is 1. The van der Waals surface area contributed by atoms with E-state index in [0.717, 1.165) is 23.2 Å². The fraction of sp³-hybridized carbons (Fsp3) is 0.357. The van der Waals surface area contributed by atoms with Gasteiger partial charge in [0, 0.05) is 11.0 Å². The first-order chi connectivity index (χ1) is 9.19. The van der Waals surface area contributed by atoms with E-state index in [1.165, 1.54) is 7.11 Å². The molecule has 2 atom stereocenters. The minimum Gasteiger partial charge on any atom is -0.468 e. The van der Waals surface area contributed by atoms with E-state index in [4.69, 9.17) is 9.47 Å². The van der Waals surface area contributed by atoms with Gasteiger partial charge < -0.3 is 14.8 Å². The van der Waals surface area contributed by atoms with Crippen LogP contribution in [0.15, 0.2) is 41.1 Å². The second kappa shape index (κ2) is 6.73. The fourth-order valence-electron chi connectivity index (χ4n) is 2.00. The molecular formula is C14H16BrNO3. The largest absolute Gasteiger partial charge is 0.468 e. The van der Waals surface area contributed by atoms with E-state index in [1.54, 1.807) is 6.26 Å². The molecule has 102 valence electrons. The number of methoxy groups -OCH3 is 1. The average molecular weight is 326 g/mol. The maximum Gasteiger partial charge on any atom is 0.322 e. The smallest absolute Gasteiger partial charge is 0.322 e. The molecule has 1 aromatic carbocycles. The van der Waals surface area contributed by atoms with Crippen LogP contribution in [0.4, 0.5) is 0 Å². The van der Waals surface area contributed by atoms with Gasteiger partial charge in [0.25, 0.3) is 0 Å². The Balaban J connectivity index is 1.82. The summed E-state index contributed by atoms with van der Waals surface area (Å²) >= 11 is 3.39. The molecule has 4 nitrogen and oxygen atoms in total. The molecule has 2 rings (SSSR count). The van der Waals surface area contributed by atoms with E-state index >= 15 is 0 Å². The molecule has 0 saturated carbocycles. The molecule has 1 heterocycles. The maximum atomic E-state index is 11.3. The summed E-state index contributed by atoms with van der Waals surface area (Å²) in [5.74, 6) is 0.862. The lowest BCUT2D eigenvalue weighted by atomic mass is 10.1. The standard InChI is InChI=1S/C14H16BrNO3/c1-18-14(17)13-7-10(9-16-13)5-6-19-12-4-2-3-11(15)8-12/h2-6,8,10,13,16H,7,9H2,1H3/b6-5+/t10?,13-/m0/s1. The predicted octanol–water partition coefficient (Wildman–Crippen LogP) is 2.49. The molecule has 5 heteroatoms. The summed E-state index contributed by atoms with van der Waals surface area (Å²) in [6.45, 7) is 0.762. The zero-order chi connectivity index (χ0) is 13.7. The monoisotopic (exact) mass is 325 g/mol. The van der Waals surface area contributed by atoms with E-state index in [1.807, 2.05) is 30.3 Å². The Morgan fingerprint density at radius 2 is 2.37 bits per heavy atom. The summed E-state index contributed by atoms with van der Waals surface area (Å²) in [6.07, 6.45) is 4.38. The van der Waals surface area contributed by atoms with Crippen molar-refractivity contribution in [3.8, 4) is 5.75 Å². The summed E-state index contributed by atoms with van der Waals surface area (Å²) in [5.41, 5.74) is 0. The van der Waals surface area contributed by atoms with Crippen molar-refractivity contribution in [3.63, 3.8) is 0 Å². The highest BCUT2D eigenvalue weighted by Crippen LogP contribution is 2.19. The van der Waals surface area contributed by atoms with Crippen LogP contribution in [0.5, 0.6) is 5.75 Å². The summed E-state index contributed by atoms with van der Waals surface area (Å²) in [6, 6.07) is 7.44. The van der Waals surface area contributed by atoms with Gasteiger partial charge in [0.15, 0.2) is 0 Å². The lowest BCUT2D eigenvalue weighted by Crippen LogP contribution is -2.31. The van der Waals surface area contributed by atoms with Crippen molar-refractivity contribution in [2.75, 3.05) is 13.7 Å². The van der Waals surface area contributed by atoms with Gasteiger partial charge >= 0.3 is 5.97 Å². The summed E-state index contributed by atoms with van der Waals surface area (Å²) in [4.78, 5) is 11.3. The van der Waals surface area contributed by atoms with Crippen molar-refractivity contribution >= 4 is 21.9 Å². The lowest BCUT2D eigenvalue weighted by molar-refractivity contribution is -0.142. The van der Waals surface area contributed by atoms with Gasteiger partial charge in [-0.2, -0.15) is 0 Å². The number of hydrogen-bond acceptors (Lipinski definition) is 4. The first-order valence-corrected chi connectivity index (χ1v) is 6.88. The molecule has 19 heavy (non-hydrogen) atoms. The van der Waals surface area contributed by atoms with Crippen LogP contribution in [0.3, 0.4) is 0 Å². The second-order valence-electron chi connectivity index (χ2n) is 4.38. The molecule has 0 bridgehead atoms. The Morgan fingerprint density at radius 1 is 1.53 bits per heavy atom. The predicted molar refractivity (Wildman–Crippen MR) is 75.8 cm³/mol. The Bertz CT molecular complexity index is 476. The first-order valence-electron chi connectivity index (χ1n) is 6.09. The van der Waals surface area contributed by atoms with Crippen molar-refractivity contribution in [2.45, 2.75) is 12.5 Å². The van der Waals surface area contributed by atoms with Crippen molar-refractivity contribution in [1.29, 1.82) is 0 Å². The van der Waals surface area contributed by atoms with Gasteiger partial charge in [0.05, 0.1) is 13.4 Å². The van der Waals surface area contributed by atoms with Crippen molar-refractivity contribution in [2.24, 2.45) is 5.92 Å². The van der Waals surface area contributed by atoms with Crippen LogP contribution in [0.25, 0.3) is 0 Å². The zero-order valence-electron chi connectivity index (χ0n) is 10.6. The Hall–Kier alpha value is -1.33. The molecular weight excluding hydrogens is 310 g/mol. The summed E-state index contributed by atoms with van der Waals surface area (Å²) < 4.78 is 11.2. The third-order valence-electron chi connectivity index (χ3n) is 3.00. The first kappa shape index (κ1) is 14.1. The van der Waals surface area contributed by atoms with Crippen LogP contribution >= 0.6 is 15.9 Å². The summed E-state index contributed by atoms with van der Waals surface area (Å²) in [7, 11) is 1.41. The Labute approximate surface area is 120 Å². The normalized spacial score (nSPS) is 22.6. The minimum atomic E-state index is -0.205. The van der Waals surface area contributed by atoms with Gasteiger partial charge in [0.1, 0.15) is 11.8 Å². The highest BCUT2D eigenvalue weighted by atomic mass is 79.9. The summed E-state index contributed by atoms with van der Waals surface area (Å²) in [5, 5.41) is 3.13. The molecule has 1 aromatic rings. The molecule has 0 radical (unpaired) electrons. The quantitative estimate of drug-likeness (QED) is 0.682. The number of esters is 1. The van der Waals surface area contributed by atoms with E-state index < -0.39 is 0 Å². The molecule has 1 aliphatic rings. The number of benzene rings is 1. The molecule has 1 aliphatic heterocycles. The molecule has 1 unspecified atom stereocenters. The highest BCUT2D eigenvalue weighted by molar-refractivity contribution is 9.10. The fourth-order valence-corrected chi connectivity index (χ4v) is 2.38. The number of ether oxygens (including phenoxy) is 2. The van der Waals surface area contributed by atoms with E-state index in [-0.39, 0.29) is 17.9 Å². The van der Waals surface area contributed by atoms with Gasteiger partial charge in [-0.05, 0) is 36.6 Å². The zero-order valence-corrected chi connectivity index (χ0v) is 12.2. The number of carbonyl (C=O) groups is 1. The van der Waals surface area contributed by atoms with Crippen molar-refractivity contribution in [3.05, 3.63) is 41.1 Å². The topological polar surface area (TPSA) is 47.6 Å². The number of carbonyl (C=O) groups excluding carboxylic acids is 1. The van der Waals surface area contributed by atoms with Gasteiger partial charge in [0.2, 0.25) is 0 Å². The van der Waals surface area contributed by atoms with Crippen LogP contribution in [0.2, 0.25) is 0 Å². The Morgan fingerprint density at radius 3 is 3.11 bits per heavy atom. The Kier molecular flexibility index (Phi) is 4.99. The van der Waals surface area contributed by atoms with Crippen LogP contribution in [-0.4, -0.2) is 25.7 Å². The van der Waals surface area contributed by atoms with Crippen molar-refractivity contribution < 1.29 is 14.3 Å². The molecule has 0 amide bonds. The second-order valence-corrected chi connectivity index (χ2v) is 5.30. The minimum absolute atomic E-state index is 0.203. The highest BCUT2D eigenvalue weighted by Gasteiger charge is 2.28. The molecule has 1 fully saturated rings. The van der Waals surface area contributed by atoms with Crippen LogP contribution < -0.4 is 10.1 Å². The van der Waals surface area contributed by atoms with E-state index in [9.17, 15) is 4.79 Å². The van der Waals surface area contributed by atoms with Crippen LogP contribution in [-0.2, 0) is 9.53 Å². The average Bonchev–Trinajstić information content (AvgIpc) is 2.87. The van der Waals surface area contributed by atoms with Gasteiger partial charge in [-0.1, -0.05) is 22.0 Å². The van der Waals surface area contributed by atoms with Crippen molar-refractivity contribution in [1.82, 2.24) is 5.32 Å². The van der Waals surface area contributed by atoms with Gasteiger partial charge in [-0.15, -0.1) is 0 Å². The molecule has 0 spiro atoms. The van der Waals surface area contributed by atoms with Gasteiger partial charge in [-0.25, -0.2) is 0 Å². The molecule has 1 saturated heterocycles. The van der Waals surface area contributed by atoms with Gasteiger partial charge in [-0.3, -0.25) is 4.79 Å². The molecule has 0 aliphatic carbocycles.